The van der Waals surface area contributed by atoms with Crippen LogP contribution >= 0.6 is 0 Å². The van der Waals surface area contributed by atoms with Gasteiger partial charge in [-0.05, 0) is 31.9 Å². The van der Waals surface area contributed by atoms with Crippen molar-refractivity contribution in [2.24, 2.45) is 0 Å². The molecule has 6 heteroatoms. The van der Waals surface area contributed by atoms with Crippen molar-refractivity contribution in [3.8, 4) is 0 Å². The van der Waals surface area contributed by atoms with Gasteiger partial charge in [-0.2, -0.15) is 0 Å². The molecule has 0 fully saturated rings. The molecule has 0 spiro atoms. The highest BCUT2D eigenvalue weighted by Crippen LogP contribution is 2.06. The zero-order chi connectivity index (χ0) is 15.7. The van der Waals surface area contributed by atoms with Gasteiger partial charge in [0, 0.05) is 12.5 Å². The van der Waals surface area contributed by atoms with Crippen LogP contribution in [-0.2, 0) is 11.2 Å². The Labute approximate surface area is 124 Å². The molecule has 0 aliphatic heterocycles. The van der Waals surface area contributed by atoms with Crippen molar-refractivity contribution >= 4 is 12.0 Å². The van der Waals surface area contributed by atoms with Crippen LogP contribution in [0.3, 0.4) is 0 Å². The lowest BCUT2D eigenvalue weighted by atomic mass is 10.1. The molecule has 118 valence electrons. The fourth-order valence-electron chi connectivity index (χ4n) is 1.98. The van der Waals surface area contributed by atoms with Crippen molar-refractivity contribution in [1.29, 1.82) is 0 Å². The maximum Gasteiger partial charge on any atom is 0.326 e. The lowest BCUT2D eigenvalue weighted by Gasteiger charge is -2.18. The second kappa shape index (κ2) is 9.05. The maximum absolute atomic E-state index is 11.8. The van der Waals surface area contributed by atoms with Gasteiger partial charge in [0.05, 0.1) is 6.26 Å². The molecule has 1 rings (SSSR count). The van der Waals surface area contributed by atoms with E-state index in [-0.39, 0.29) is 6.04 Å². The number of amides is 2. The van der Waals surface area contributed by atoms with Gasteiger partial charge >= 0.3 is 12.0 Å². The summed E-state index contributed by atoms with van der Waals surface area (Å²) >= 11 is 0. The monoisotopic (exact) mass is 296 g/mol. The minimum Gasteiger partial charge on any atom is -0.480 e. The van der Waals surface area contributed by atoms with Gasteiger partial charge in [-0.15, -0.1) is 0 Å². The van der Waals surface area contributed by atoms with Gasteiger partial charge in [-0.3, -0.25) is 0 Å². The smallest absolute Gasteiger partial charge is 0.326 e. The molecule has 2 atom stereocenters. The zero-order valence-corrected chi connectivity index (χ0v) is 12.6. The molecular weight excluding hydrogens is 272 g/mol. The summed E-state index contributed by atoms with van der Waals surface area (Å²) in [7, 11) is 0. The van der Waals surface area contributed by atoms with E-state index in [0.29, 0.717) is 6.42 Å². The van der Waals surface area contributed by atoms with Crippen LogP contribution in [-0.4, -0.2) is 29.2 Å². The molecule has 2 unspecified atom stereocenters. The SMILES string of the molecule is CCCCC(NC(=O)NC(C)CCc1ccco1)C(=O)O. The number of carbonyl (C=O) groups excluding carboxylic acids is 1. The Kier molecular flexibility index (Phi) is 7.36. The van der Waals surface area contributed by atoms with Crippen LogP contribution in [0, 0.1) is 0 Å². The number of unbranched alkanes of at least 4 members (excludes halogenated alkanes) is 1. The zero-order valence-electron chi connectivity index (χ0n) is 12.6. The molecule has 1 heterocycles. The average Bonchev–Trinajstić information content (AvgIpc) is 2.94. The Morgan fingerprint density at radius 1 is 1.33 bits per heavy atom. The molecule has 0 bridgehead atoms. The minimum absolute atomic E-state index is 0.0595. The lowest BCUT2D eigenvalue weighted by molar-refractivity contribution is -0.139. The highest BCUT2D eigenvalue weighted by Gasteiger charge is 2.19. The number of nitrogens with one attached hydrogen (secondary N) is 2. The number of urea groups is 1. The number of carboxylic acid groups (broad SMARTS) is 1. The second-order valence-corrected chi connectivity index (χ2v) is 5.17. The number of aryl methyl sites for hydroxylation is 1. The van der Waals surface area contributed by atoms with E-state index in [2.05, 4.69) is 10.6 Å². The molecule has 0 radical (unpaired) electrons. The quantitative estimate of drug-likeness (QED) is 0.653. The van der Waals surface area contributed by atoms with E-state index in [1.165, 1.54) is 0 Å². The molecule has 0 saturated heterocycles. The molecule has 0 aliphatic rings. The first-order chi connectivity index (χ1) is 10.0. The summed E-state index contributed by atoms with van der Waals surface area (Å²) < 4.78 is 5.22. The van der Waals surface area contributed by atoms with Gasteiger partial charge in [0.2, 0.25) is 0 Å². The molecule has 3 N–H and O–H groups in total. The molecule has 21 heavy (non-hydrogen) atoms. The highest BCUT2D eigenvalue weighted by atomic mass is 16.4. The summed E-state index contributed by atoms with van der Waals surface area (Å²) in [4.78, 5) is 22.8. The van der Waals surface area contributed by atoms with Crippen LogP contribution in [0.1, 0.15) is 45.3 Å². The van der Waals surface area contributed by atoms with Crippen LogP contribution in [0.4, 0.5) is 4.79 Å². The number of hydrogen-bond acceptors (Lipinski definition) is 3. The number of carbonyl (C=O) groups is 2. The van der Waals surface area contributed by atoms with Gasteiger partial charge in [-0.25, -0.2) is 9.59 Å². The Hall–Kier alpha value is -1.98. The predicted octanol–water partition coefficient (Wildman–Crippen LogP) is 2.54. The molecule has 0 saturated carbocycles. The molecule has 0 aromatic carbocycles. The van der Waals surface area contributed by atoms with E-state index in [1.807, 2.05) is 26.0 Å². The van der Waals surface area contributed by atoms with Crippen molar-refractivity contribution in [2.45, 2.75) is 58.0 Å². The van der Waals surface area contributed by atoms with E-state index in [1.54, 1.807) is 6.26 Å². The summed E-state index contributed by atoms with van der Waals surface area (Å²) in [6.45, 7) is 3.86. The van der Waals surface area contributed by atoms with Crippen LogP contribution in [0.5, 0.6) is 0 Å². The minimum atomic E-state index is -0.998. The molecule has 2 amide bonds. The number of hydrogen-bond donors (Lipinski definition) is 3. The van der Waals surface area contributed by atoms with E-state index >= 15 is 0 Å². The Bertz CT molecular complexity index is 431. The van der Waals surface area contributed by atoms with E-state index in [9.17, 15) is 9.59 Å². The third-order valence-corrected chi connectivity index (χ3v) is 3.23. The van der Waals surface area contributed by atoms with Gasteiger partial charge in [0.15, 0.2) is 0 Å². The van der Waals surface area contributed by atoms with Crippen molar-refractivity contribution in [2.75, 3.05) is 0 Å². The first kappa shape index (κ1) is 17.1. The second-order valence-electron chi connectivity index (χ2n) is 5.17. The van der Waals surface area contributed by atoms with Crippen molar-refractivity contribution < 1.29 is 19.1 Å². The van der Waals surface area contributed by atoms with E-state index < -0.39 is 18.0 Å². The summed E-state index contributed by atoms with van der Waals surface area (Å²) in [5.41, 5.74) is 0. The van der Waals surface area contributed by atoms with Gasteiger partial charge < -0.3 is 20.2 Å². The number of aliphatic carboxylic acids is 1. The van der Waals surface area contributed by atoms with Crippen LogP contribution in [0.15, 0.2) is 22.8 Å². The van der Waals surface area contributed by atoms with E-state index in [4.69, 9.17) is 9.52 Å². The van der Waals surface area contributed by atoms with Gasteiger partial charge in [0.1, 0.15) is 11.8 Å². The molecule has 1 aromatic rings. The summed E-state index contributed by atoms with van der Waals surface area (Å²) in [6.07, 6.45) is 5.18. The van der Waals surface area contributed by atoms with Crippen molar-refractivity contribution in [3.05, 3.63) is 24.2 Å². The van der Waals surface area contributed by atoms with Crippen LogP contribution in [0.25, 0.3) is 0 Å². The molecular formula is C15H24N2O4. The van der Waals surface area contributed by atoms with Gasteiger partial charge in [-0.1, -0.05) is 19.8 Å². The molecule has 6 nitrogen and oxygen atoms in total. The summed E-state index contributed by atoms with van der Waals surface area (Å²) in [5, 5.41) is 14.3. The fourth-order valence-corrected chi connectivity index (χ4v) is 1.98. The normalized spacial score (nSPS) is 13.4. The van der Waals surface area contributed by atoms with Crippen LogP contribution in [0.2, 0.25) is 0 Å². The Balaban J connectivity index is 2.31. The predicted molar refractivity (Wildman–Crippen MR) is 79.1 cm³/mol. The standard InChI is InChI=1S/C15H24N2O4/c1-3-4-7-13(14(18)19)17-15(20)16-11(2)8-9-12-6-5-10-21-12/h5-6,10-11,13H,3-4,7-9H2,1-2H3,(H,18,19)(H2,16,17,20). The summed E-state index contributed by atoms with van der Waals surface area (Å²) in [5.74, 6) is -0.128. The Morgan fingerprint density at radius 2 is 2.10 bits per heavy atom. The topological polar surface area (TPSA) is 91.6 Å². The third kappa shape index (κ3) is 6.83. The first-order valence-corrected chi connectivity index (χ1v) is 7.35. The largest absolute Gasteiger partial charge is 0.480 e. The number of rotatable bonds is 9. The van der Waals surface area contributed by atoms with Crippen LogP contribution < -0.4 is 10.6 Å². The van der Waals surface area contributed by atoms with Crippen molar-refractivity contribution in [3.63, 3.8) is 0 Å². The fraction of sp³-hybridized carbons (Fsp3) is 0.600. The van der Waals surface area contributed by atoms with E-state index in [0.717, 1.165) is 31.4 Å². The Morgan fingerprint density at radius 3 is 2.67 bits per heavy atom. The summed E-state index contributed by atoms with van der Waals surface area (Å²) in [6, 6.07) is 2.38. The lowest BCUT2D eigenvalue weighted by Crippen LogP contribution is -2.48. The van der Waals surface area contributed by atoms with Gasteiger partial charge in [0.25, 0.3) is 0 Å². The average molecular weight is 296 g/mol. The van der Waals surface area contributed by atoms with Crippen molar-refractivity contribution in [1.82, 2.24) is 10.6 Å². The number of furan rings is 1. The molecule has 0 aliphatic carbocycles. The highest BCUT2D eigenvalue weighted by molar-refractivity contribution is 5.82. The maximum atomic E-state index is 11.8. The first-order valence-electron chi connectivity index (χ1n) is 7.35. The number of carboxylic acids is 1. The molecule has 1 aromatic heterocycles. The third-order valence-electron chi connectivity index (χ3n) is 3.23.